The number of aromatic nitrogens is 1. The van der Waals surface area contributed by atoms with Crippen LogP contribution < -0.4 is 10.6 Å². The lowest BCUT2D eigenvalue weighted by molar-refractivity contribution is -0.150. The molecule has 0 radical (unpaired) electrons. The number of aryl methyl sites for hydroxylation is 3. The number of esters is 1. The molecular formula is C20H23N3O5S. The Labute approximate surface area is 172 Å². The van der Waals surface area contributed by atoms with Crippen molar-refractivity contribution in [1.29, 1.82) is 0 Å². The van der Waals surface area contributed by atoms with Crippen LogP contribution in [0.1, 0.15) is 30.2 Å². The van der Waals surface area contributed by atoms with Gasteiger partial charge < -0.3 is 19.9 Å². The Hall–Kier alpha value is -2.81. The molecule has 0 saturated heterocycles. The second kappa shape index (κ2) is 9.60. The predicted molar refractivity (Wildman–Crippen MR) is 110 cm³/mol. The smallest absolute Gasteiger partial charge is 0.316 e. The van der Waals surface area contributed by atoms with Gasteiger partial charge in [0.15, 0.2) is 11.9 Å². The number of carbonyl (C=O) groups is 3. The molecule has 0 unspecified atom stereocenters. The molecule has 0 aliphatic heterocycles. The van der Waals surface area contributed by atoms with Gasteiger partial charge in [0.2, 0.25) is 5.91 Å². The first-order valence-electron chi connectivity index (χ1n) is 9.34. The van der Waals surface area contributed by atoms with Crippen molar-refractivity contribution in [2.24, 2.45) is 0 Å². The fourth-order valence-electron chi connectivity index (χ4n) is 3.01. The van der Waals surface area contributed by atoms with E-state index >= 15 is 0 Å². The van der Waals surface area contributed by atoms with Gasteiger partial charge in [-0.2, -0.15) is 0 Å². The summed E-state index contributed by atoms with van der Waals surface area (Å²) >= 11 is 1.09. The molecule has 2 N–H and O–H groups in total. The first-order valence-corrected chi connectivity index (χ1v) is 10.5. The number of thioether (sulfide) groups is 1. The van der Waals surface area contributed by atoms with E-state index < -0.39 is 12.1 Å². The van der Waals surface area contributed by atoms with Gasteiger partial charge in [-0.25, -0.2) is 0 Å². The van der Waals surface area contributed by atoms with E-state index in [-0.39, 0.29) is 23.3 Å². The summed E-state index contributed by atoms with van der Waals surface area (Å²) in [7, 11) is 0. The molecule has 0 bridgehead atoms. The van der Waals surface area contributed by atoms with Gasteiger partial charge >= 0.3 is 5.97 Å². The van der Waals surface area contributed by atoms with E-state index in [1.165, 1.54) is 18.1 Å². The molecule has 2 amide bonds. The van der Waals surface area contributed by atoms with Crippen LogP contribution in [-0.2, 0) is 32.0 Å². The Bertz CT molecular complexity index is 911. The minimum atomic E-state index is -0.928. The molecule has 0 spiro atoms. The van der Waals surface area contributed by atoms with Crippen LogP contribution in [0.25, 0.3) is 0 Å². The van der Waals surface area contributed by atoms with Crippen molar-refractivity contribution in [2.75, 3.05) is 22.1 Å². The third-order valence-corrected chi connectivity index (χ3v) is 5.30. The summed E-state index contributed by atoms with van der Waals surface area (Å²) in [6.45, 7) is 3.24. The van der Waals surface area contributed by atoms with Gasteiger partial charge in [0, 0.05) is 11.8 Å². The number of ether oxygens (including phenoxy) is 1. The molecule has 1 aliphatic carbocycles. The number of carbonyl (C=O) groups excluding carboxylic acids is 3. The summed E-state index contributed by atoms with van der Waals surface area (Å²) in [5.74, 6) is -0.329. The van der Waals surface area contributed by atoms with E-state index in [9.17, 15) is 14.4 Å². The first-order chi connectivity index (χ1) is 13.9. The van der Waals surface area contributed by atoms with Gasteiger partial charge in [-0.05, 0) is 56.4 Å². The zero-order valence-corrected chi connectivity index (χ0v) is 17.1. The van der Waals surface area contributed by atoms with Gasteiger partial charge in [0.1, 0.15) is 5.76 Å². The van der Waals surface area contributed by atoms with E-state index in [2.05, 4.69) is 15.8 Å². The lowest BCUT2D eigenvalue weighted by atomic mass is 10.1. The van der Waals surface area contributed by atoms with Crippen LogP contribution >= 0.6 is 11.8 Å². The zero-order chi connectivity index (χ0) is 20.8. The normalized spacial score (nSPS) is 13.4. The number of nitrogens with zero attached hydrogens (tertiary/aromatic N) is 1. The number of fused-ring (bicyclic) bond motifs is 1. The minimum absolute atomic E-state index is 0.0400. The maximum atomic E-state index is 12.3. The van der Waals surface area contributed by atoms with Gasteiger partial charge in [0.05, 0.1) is 11.5 Å². The highest BCUT2D eigenvalue weighted by molar-refractivity contribution is 8.00. The molecule has 8 nitrogen and oxygen atoms in total. The molecule has 3 rings (SSSR count). The Morgan fingerprint density at radius 3 is 2.72 bits per heavy atom. The summed E-state index contributed by atoms with van der Waals surface area (Å²) in [5, 5.41) is 9.00. The van der Waals surface area contributed by atoms with Crippen LogP contribution in [0.4, 0.5) is 11.5 Å². The average Bonchev–Trinajstić information content (AvgIpc) is 3.29. The van der Waals surface area contributed by atoms with Crippen molar-refractivity contribution in [3.63, 3.8) is 0 Å². The standard InChI is InChI=1S/C20H23N3O5S/c1-12-8-17(23-28-12)22-18(24)10-29-11-19(25)27-13(2)20(26)21-16-7-6-14-4-3-5-15(14)9-16/h6-9,13H,3-5,10-11H2,1-2H3,(H,21,26)(H,22,23,24)/t13-/m0/s1. The SMILES string of the molecule is Cc1cc(NC(=O)CSCC(=O)O[C@@H](C)C(=O)Nc2ccc3c(c2)CCC3)no1. The predicted octanol–water partition coefficient (Wildman–Crippen LogP) is 2.71. The number of hydrogen-bond donors (Lipinski definition) is 2. The molecule has 1 heterocycles. The Morgan fingerprint density at radius 2 is 1.97 bits per heavy atom. The van der Waals surface area contributed by atoms with Gasteiger partial charge in [0.25, 0.3) is 5.91 Å². The van der Waals surface area contributed by atoms with Gasteiger partial charge in [-0.15, -0.1) is 11.8 Å². The van der Waals surface area contributed by atoms with Gasteiger partial charge in [-0.1, -0.05) is 11.2 Å². The molecule has 154 valence electrons. The summed E-state index contributed by atoms with van der Waals surface area (Å²) in [6.07, 6.45) is 2.30. The average molecular weight is 417 g/mol. The molecule has 9 heteroatoms. The summed E-state index contributed by atoms with van der Waals surface area (Å²) in [6, 6.07) is 7.45. The van der Waals surface area contributed by atoms with E-state index in [0.717, 1.165) is 31.0 Å². The van der Waals surface area contributed by atoms with Crippen LogP contribution in [0.3, 0.4) is 0 Å². The summed E-state index contributed by atoms with van der Waals surface area (Å²) in [5.41, 5.74) is 3.28. The highest BCUT2D eigenvalue weighted by atomic mass is 32.2. The number of anilines is 2. The molecule has 0 saturated carbocycles. The second-order valence-corrected chi connectivity index (χ2v) is 7.81. The van der Waals surface area contributed by atoms with Crippen molar-refractivity contribution >= 4 is 41.1 Å². The number of benzene rings is 1. The van der Waals surface area contributed by atoms with Crippen molar-refractivity contribution in [3.05, 3.63) is 41.2 Å². The summed E-state index contributed by atoms with van der Waals surface area (Å²) in [4.78, 5) is 36.0. The topological polar surface area (TPSA) is 111 Å². The van der Waals surface area contributed by atoms with Crippen LogP contribution in [0.2, 0.25) is 0 Å². The lowest BCUT2D eigenvalue weighted by Crippen LogP contribution is -2.30. The van der Waals surface area contributed by atoms with Crippen LogP contribution in [0.15, 0.2) is 28.8 Å². The van der Waals surface area contributed by atoms with E-state index in [1.54, 1.807) is 13.0 Å². The van der Waals surface area contributed by atoms with Crippen LogP contribution in [0, 0.1) is 6.92 Å². The molecule has 1 aromatic carbocycles. The van der Waals surface area contributed by atoms with E-state index in [0.29, 0.717) is 17.3 Å². The second-order valence-electron chi connectivity index (χ2n) is 6.82. The van der Waals surface area contributed by atoms with Crippen molar-refractivity contribution in [2.45, 2.75) is 39.2 Å². The molecule has 0 fully saturated rings. The highest BCUT2D eigenvalue weighted by Crippen LogP contribution is 2.25. The third-order valence-electron chi connectivity index (χ3n) is 4.39. The van der Waals surface area contributed by atoms with Crippen molar-refractivity contribution in [3.8, 4) is 0 Å². The summed E-state index contributed by atoms with van der Waals surface area (Å²) < 4.78 is 10.0. The number of rotatable bonds is 8. The first kappa shape index (κ1) is 20.9. The van der Waals surface area contributed by atoms with Crippen molar-refractivity contribution < 1.29 is 23.6 Å². The number of nitrogens with one attached hydrogen (secondary N) is 2. The minimum Gasteiger partial charge on any atom is -0.452 e. The van der Waals surface area contributed by atoms with E-state index in [4.69, 9.17) is 9.26 Å². The van der Waals surface area contributed by atoms with Crippen LogP contribution in [-0.4, -0.2) is 40.6 Å². The number of amides is 2. The maximum absolute atomic E-state index is 12.3. The maximum Gasteiger partial charge on any atom is 0.316 e. The number of hydrogen-bond acceptors (Lipinski definition) is 7. The molecule has 2 aromatic rings. The molecule has 1 aromatic heterocycles. The molecule has 29 heavy (non-hydrogen) atoms. The lowest BCUT2D eigenvalue weighted by Gasteiger charge is -2.14. The van der Waals surface area contributed by atoms with Crippen molar-refractivity contribution in [1.82, 2.24) is 5.16 Å². The fourth-order valence-corrected chi connectivity index (χ4v) is 3.60. The quantitative estimate of drug-likeness (QED) is 0.635. The Kier molecular flexibility index (Phi) is 6.92. The Balaban J connectivity index is 1.37. The highest BCUT2D eigenvalue weighted by Gasteiger charge is 2.19. The fraction of sp³-hybridized carbons (Fsp3) is 0.400. The van der Waals surface area contributed by atoms with Crippen LogP contribution in [0.5, 0.6) is 0 Å². The largest absolute Gasteiger partial charge is 0.452 e. The van der Waals surface area contributed by atoms with E-state index in [1.807, 2.05) is 18.2 Å². The Morgan fingerprint density at radius 1 is 1.17 bits per heavy atom. The zero-order valence-electron chi connectivity index (χ0n) is 16.3. The third kappa shape index (κ3) is 6.08. The molecule has 1 atom stereocenters. The molecular weight excluding hydrogens is 394 g/mol. The molecule has 1 aliphatic rings. The van der Waals surface area contributed by atoms with Gasteiger partial charge in [-0.3, -0.25) is 14.4 Å². The monoisotopic (exact) mass is 417 g/mol.